The molecule has 28 valence electrons. The van der Waals surface area contributed by atoms with Gasteiger partial charge >= 0.3 is 6.40 Å². The van der Waals surface area contributed by atoms with Crippen molar-refractivity contribution in [1.82, 2.24) is 5.43 Å². The van der Waals surface area contributed by atoms with Gasteiger partial charge in [-0.2, -0.15) is 5.43 Å². The number of nitrogens with one attached hydrogen (secondary N) is 2. The molecule has 0 atom stereocenters. The molecule has 3 heteroatoms. The predicted molar refractivity (Wildman–Crippen MR) is 16.1 cm³/mol. The molecule has 0 spiro atoms. The second-order valence-corrected chi connectivity index (χ2v) is 0.750. The number of hydrazine groups is 1. The van der Waals surface area contributed by atoms with E-state index in [4.69, 9.17) is 0 Å². The second-order valence-electron chi connectivity index (χ2n) is 0.750. The Morgan fingerprint density at radius 2 is 3.00 bits per heavy atom. The quantitative estimate of drug-likeness (QED) is 0.335. The molecule has 5 heavy (non-hydrogen) atoms. The minimum Gasteiger partial charge on any atom is -0.422 e. The summed E-state index contributed by atoms with van der Waals surface area (Å²) in [5.74, 6) is 0. The minimum absolute atomic E-state index is 0.583. The molecule has 0 saturated carbocycles. The average Bonchev–Trinajstić information content (AvgIpc) is 1.76. The third-order valence-electron chi connectivity index (χ3n) is 0.400. The van der Waals surface area contributed by atoms with Crippen LogP contribution in [0.25, 0.3) is 0 Å². The summed E-state index contributed by atoms with van der Waals surface area (Å²) < 4.78 is 4.60. The third kappa shape index (κ3) is 0.289. The van der Waals surface area contributed by atoms with Gasteiger partial charge in [-0.15, -0.1) is 5.10 Å². The molecular formula is C2H5N2O+. The lowest BCUT2D eigenvalue weighted by atomic mass is 11.3. The van der Waals surface area contributed by atoms with E-state index in [2.05, 4.69) is 15.3 Å². The monoisotopic (exact) mass is 73.0 g/mol. The van der Waals surface area contributed by atoms with Crippen molar-refractivity contribution in [3.63, 3.8) is 0 Å². The molecule has 1 heterocycles. The normalized spacial score (nSPS) is 17.6. The van der Waals surface area contributed by atoms with Crippen LogP contribution in [0.5, 0.6) is 0 Å². The first-order valence-electron chi connectivity index (χ1n) is 1.42. The summed E-state index contributed by atoms with van der Waals surface area (Å²) in [5.41, 5.74) is 2.69. The zero-order valence-corrected chi connectivity index (χ0v) is 2.69. The highest BCUT2D eigenvalue weighted by molar-refractivity contribution is 5.38. The van der Waals surface area contributed by atoms with E-state index in [0.717, 1.165) is 0 Å². The molecule has 0 aromatic heterocycles. The van der Waals surface area contributed by atoms with Crippen LogP contribution in [-0.4, -0.2) is 13.1 Å². The van der Waals surface area contributed by atoms with E-state index in [1.807, 2.05) is 0 Å². The first-order chi connectivity index (χ1) is 2.50. The summed E-state index contributed by atoms with van der Waals surface area (Å²) in [6.07, 6.45) is 1.50. The Morgan fingerprint density at radius 1 is 2.00 bits per heavy atom. The lowest BCUT2D eigenvalue weighted by Crippen LogP contribution is -2.76. The van der Waals surface area contributed by atoms with E-state index in [1.54, 1.807) is 0 Å². The van der Waals surface area contributed by atoms with Gasteiger partial charge in [0.15, 0.2) is 0 Å². The van der Waals surface area contributed by atoms with Gasteiger partial charge in [-0.1, -0.05) is 0 Å². The Hall–Kier alpha value is -0.730. The Bertz CT molecular complexity index is 45.6. The molecule has 0 saturated heterocycles. The molecule has 0 radical (unpaired) electrons. The second kappa shape index (κ2) is 0.924. The lowest BCUT2D eigenvalue weighted by Gasteiger charge is -1.72. The van der Waals surface area contributed by atoms with Crippen LogP contribution in [0.2, 0.25) is 0 Å². The van der Waals surface area contributed by atoms with Crippen molar-refractivity contribution in [3.05, 3.63) is 0 Å². The maximum atomic E-state index is 4.60. The molecule has 0 amide bonds. The van der Waals surface area contributed by atoms with Gasteiger partial charge in [-0.05, 0) is 0 Å². The number of hydrogen-bond acceptors (Lipinski definition) is 2. The Morgan fingerprint density at radius 3 is 3.20 bits per heavy atom. The summed E-state index contributed by atoms with van der Waals surface area (Å²) in [7, 11) is 0. The van der Waals surface area contributed by atoms with E-state index in [-0.39, 0.29) is 0 Å². The Balaban J connectivity index is 2.32. The van der Waals surface area contributed by atoms with Crippen molar-refractivity contribution in [2.24, 2.45) is 0 Å². The maximum Gasteiger partial charge on any atom is 0.352 e. The fraction of sp³-hybridized carbons (Fsp3) is 0.500. The fourth-order valence-electron chi connectivity index (χ4n) is 0.208. The molecule has 1 aliphatic rings. The van der Waals surface area contributed by atoms with Gasteiger partial charge < -0.3 is 4.74 Å². The SMILES string of the molecule is C1=[NH+]NCO1. The highest BCUT2D eigenvalue weighted by atomic mass is 16.5. The smallest absolute Gasteiger partial charge is 0.352 e. The molecule has 0 aromatic carbocycles. The van der Waals surface area contributed by atoms with Gasteiger partial charge in [0.05, 0.1) is 0 Å². The van der Waals surface area contributed by atoms with Crippen molar-refractivity contribution in [3.8, 4) is 0 Å². The van der Waals surface area contributed by atoms with Crippen LogP contribution in [0.15, 0.2) is 0 Å². The van der Waals surface area contributed by atoms with Crippen LogP contribution in [0.4, 0.5) is 0 Å². The topological polar surface area (TPSA) is 35.2 Å². The number of rotatable bonds is 0. The highest BCUT2D eigenvalue weighted by Crippen LogP contribution is 1.51. The van der Waals surface area contributed by atoms with Gasteiger partial charge in [-0.3, -0.25) is 0 Å². The predicted octanol–water partition coefficient (Wildman–Crippen LogP) is -2.41. The van der Waals surface area contributed by atoms with Crippen LogP contribution in [0, 0.1) is 0 Å². The van der Waals surface area contributed by atoms with E-state index in [9.17, 15) is 0 Å². The highest BCUT2D eigenvalue weighted by Gasteiger charge is 1.88. The maximum absolute atomic E-state index is 4.60. The molecular weight excluding hydrogens is 68.0 g/mol. The Kier molecular flexibility index (Phi) is 0.463. The van der Waals surface area contributed by atoms with Crippen LogP contribution in [0.1, 0.15) is 0 Å². The third-order valence-corrected chi connectivity index (χ3v) is 0.400. The first kappa shape index (κ1) is 2.50. The summed E-state index contributed by atoms with van der Waals surface area (Å²) >= 11 is 0. The largest absolute Gasteiger partial charge is 0.422 e. The molecule has 3 nitrogen and oxygen atoms in total. The molecule has 0 unspecified atom stereocenters. The zero-order valence-electron chi connectivity index (χ0n) is 2.69. The first-order valence-corrected chi connectivity index (χ1v) is 1.42. The summed E-state index contributed by atoms with van der Waals surface area (Å²) in [4.78, 5) is 0. The van der Waals surface area contributed by atoms with Crippen LogP contribution in [0.3, 0.4) is 0 Å². The molecule has 1 rings (SSSR count). The summed E-state index contributed by atoms with van der Waals surface area (Å²) in [6, 6.07) is 0. The van der Waals surface area contributed by atoms with Crippen molar-refractivity contribution in [1.29, 1.82) is 0 Å². The van der Waals surface area contributed by atoms with Gasteiger partial charge in [0.25, 0.3) is 0 Å². The zero-order chi connectivity index (χ0) is 3.54. The fourth-order valence-corrected chi connectivity index (χ4v) is 0.208. The number of hydrazone groups is 1. The standard InChI is InChI=1S/C2H4N2O/c1-3-4-2-5-1/h1,4H,2H2/p+1. The van der Waals surface area contributed by atoms with Gasteiger partial charge in [0.2, 0.25) is 6.73 Å². The van der Waals surface area contributed by atoms with Crippen molar-refractivity contribution >= 4 is 6.40 Å². The van der Waals surface area contributed by atoms with Crippen LogP contribution >= 0.6 is 0 Å². The van der Waals surface area contributed by atoms with Crippen molar-refractivity contribution in [2.45, 2.75) is 0 Å². The lowest BCUT2D eigenvalue weighted by molar-refractivity contribution is -0.511. The van der Waals surface area contributed by atoms with Gasteiger partial charge in [0, 0.05) is 0 Å². The van der Waals surface area contributed by atoms with Crippen LogP contribution in [-0.2, 0) is 4.74 Å². The van der Waals surface area contributed by atoms with E-state index in [0.29, 0.717) is 6.73 Å². The van der Waals surface area contributed by atoms with Crippen molar-refractivity contribution in [2.75, 3.05) is 6.73 Å². The molecule has 0 aromatic rings. The molecule has 2 N–H and O–H groups in total. The van der Waals surface area contributed by atoms with E-state index < -0.39 is 0 Å². The molecule has 1 aliphatic heterocycles. The van der Waals surface area contributed by atoms with E-state index in [1.165, 1.54) is 6.40 Å². The van der Waals surface area contributed by atoms with Crippen molar-refractivity contribution < 1.29 is 9.84 Å². The van der Waals surface area contributed by atoms with Gasteiger partial charge in [-0.25, -0.2) is 0 Å². The molecule has 0 bridgehead atoms. The molecule has 0 fully saturated rings. The number of ether oxygens (including phenoxy) is 1. The summed E-state index contributed by atoms with van der Waals surface area (Å²) in [5, 5.41) is 2.62. The molecule has 0 aliphatic carbocycles. The van der Waals surface area contributed by atoms with Gasteiger partial charge in [0.1, 0.15) is 0 Å². The summed E-state index contributed by atoms with van der Waals surface area (Å²) in [6.45, 7) is 0.583. The minimum atomic E-state index is 0.583. The number of hydrogen-bond donors (Lipinski definition) is 2. The Labute approximate surface area is 29.6 Å². The van der Waals surface area contributed by atoms with E-state index >= 15 is 0 Å². The van der Waals surface area contributed by atoms with Crippen LogP contribution < -0.4 is 10.5 Å². The average molecular weight is 73.1 g/mol.